The molecule has 2 saturated heterocycles. The number of carbonyl (C=O) groups is 3. The van der Waals surface area contributed by atoms with Gasteiger partial charge in [-0.25, -0.2) is 0 Å². The van der Waals surface area contributed by atoms with Gasteiger partial charge in [0.05, 0.1) is 26.4 Å². The molecule has 7 rings (SSSR count). The number of benzene rings is 5. The van der Waals surface area contributed by atoms with Crippen molar-refractivity contribution in [2.24, 2.45) is 0 Å². The summed E-state index contributed by atoms with van der Waals surface area (Å²) in [5, 5.41) is 0. The van der Waals surface area contributed by atoms with Crippen LogP contribution in [0.15, 0.2) is 152 Å². The number of esters is 3. The van der Waals surface area contributed by atoms with Gasteiger partial charge in [-0.05, 0) is 27.8 Å². The van der Waals surface area contributed by atoms with Crippen LogP contribution in [0.4, 0.5) is 0 Å². The molecule has 14 nitrogen and oxygen atoms in total. The maximum atomic E-state index is 13.3. The molecule has 10 atom stereocenters. The first-order chi connectivity index (χ1) is 33.1. The first-order valence-electron chi connectivity index (χ1n) is 22.9. The molecule has 2 fully saturated rings. The molecule has 0 saturated carbocycles. The monoisotopic (exact) mass is 931 g/mol. The molecular weight excluding hydrogens is 871 g/mol. The van der Waals surface area contributed by atoms with Gasteiger partial charge in [0.15, 0.2) is 24.8 Å². The van der Waals surface area contributed by atoms with Gasteiger partial charge in [-0.1, -0.05) is 152 Å². The Bertz CT molecular complexity index is 2230. The molecule has 0 N–H and O–H groups in total. The van der Waals surface area contributed by atoms with Crippen LogP contribution in [-0.4, -0.2) is 104 Å². The fourth-order valence-electron chi connectivity index (χ4n) is 8.57. The lowest BCUT2D eigenvalue weighted by Gasteiger charge is -2.52. The largest absolute Gasteiger partial charge is 0.463 e. The van der Waals surface area contributed by atoms with Crippen LogP contribution in [-0.2, 0) is 94.7 Å². The van der Waals surface area contributed by atoms with Gasteiger partial charge in [-0.2, -0.15) is 0 Å². The molecule has 5 aromatic rings. The fourth-order valence-corrected chi connectivity index (χ4v) is 8.57. The van der Waals surface area contributed by atoms with E-state index in [1.54, 1.807) is 0 Å². The summed E-state index contributed by atoms with van der Waals surface area (Å²) in [6, 6.07) is 47.8. The number of methoxy groups -OCH3 is 1. The second-order valence-electron chi connectivity index (χ2n) is 16.8. The van der Waals surface area contributed by atoms with Crippen LogP contribution in [0.25, 0.3) is 0 Å². The molecule has 2 heterocycles. The van der Waals surface area contributed by atoms with E-state index in [1.807, 2.05) is 152 Å². The van der Waals surface area contributed by atoms with Crippen LogP contribution < -0.4 is 0 Å². The average molecular weight is 932 g/mol. The first-order valence-corrected chi connectivity index (χ1v) is 22.9. The maximum Gasteiger partial charge on any atom is 0.303 e. The minimum atomic E-state index is -1.31. The van der Waals surface area contributed by atoms with E-state index in [4.69, 9.17) is 47.4 Å². The Hall–Kier alpha value is -5.81. The normalized spacial score (nSPS) is 24.8. The van der Waals surface area contributed by atoms with Gasteiger partial charge in [0.25, 0.3) is 0 Å². The predicted octanol–water partition coefficient (Wildman–Crippen LogP) is 7.35. The molecule has 2 aliphatic heterocycles. The van der Waals surface area contributed by atoms with Crippen LogP contribution in [0.5, 0.6) is 0 Å². The zero-order valence-corrected chi connectivity index (χ0v) is 38.9. The van der Waals surface area contributed by atoms with E-state index in [9.17, 15) is 14.4 Å². The Morgan fingerprint density at radius 2 is 0.897 bits per heavy atom. The third kappa shape index (κ3) is 14.4. The third-order valence-electron chi connectivity index (χ3n) is 11.6. The Kier molecular flexibility index (Phi) is 18.8. The molecule has 0 radical (unpaired) electrons. The molecule has 0 amide bonds. The fraction of sp³-hybridized carbons (Fsp3) is 0.389. The summed E-state index contributed by atoms with van der Waals surface area (Å²) >= 11 is 0. The van der Waals surface area contributed by atoms with Gasteiger partial charge in [0.1, 0.15) is 43.2 Å². The minimum absolute atomic E-state index is 0.0717. The van der Waals surface area contributed by atoms with E-state index in [0.717, 1.165) is 27.8 Å². The van der Waals surface area contributed by atoms with Gasteiger partial charge >= 0.3 is 17.9 Å². The molecule has 2 aliphatic rings. The maximum absolute atomic E-state index is 13.3. The lowest BCUT2D eigenvalue weighted by Crippen LogP contribution is -2.69. The van der Waals surface area contributed by atoms with E-state index in [0.29, 0.717) is 19.7 Å². The number of hydrogen-bond acceptors (Lipinski definition) is 14. The number of rotatable bonds is 22. The first kappa shape index (κ1) is 50.1. The highest BCUT2D eigenvalue weighted by molar-refractivity contribution is 5.68. The highest BCUT2D eigenvalue weighted by Crippen LogP contribution is 2.38. The topological polar surface area (TPSA) is 147 Å². The van der Waals surface area contributed by atoms with E-state index < -0.39 is 79.3 Å². The highest BCUT2D eigenvalue weighted by atomic mass is 16.8. The van der Waals surface area contributed by atoms with Crippen LogP contribution in [0, 0.1) is 0 Å². The Morgan fingerprint density at radius 3 is 1.37 bits per heavy atom. The summed E-state index contributed by atoms with van der Waals surface area (Å²) in [5.74, 6) is -1.89. The van der Waals surface area contributed by atoms with Crippen molar-refractivity contribution in [1.29, 1.82) is 0 Å². The van der Waals surface area contributed by atoms with Crippen molar-refractivity contribution in [2.45, 2.75) is 115 Å². The van der Waals surface area contributed by atoms with Gasteiger partial charge in [0.2, 0.25) is 0 Å². The summed E-state index contributed by atoms with van der Waals surface area (Å²) in [4.78, 5) is 40.8. The Morgan fingerprint density at radius 1 is 0.471 bits per heavy atom. The van der Waals surface area contributed by atoms with Crippen molar-refractivity contribution < 1.29 is 61.8 Å². The summed E-state index contributed by atoms with van der Waals surface area (Å²) in [7, 11) is 1.53. The zero-order valence-electron chi connectivity index (χ0n) is 38.9. The quantitative estimate of drug-likeness (QED) is 0.0503. The van der Waals surface area contributed by atoms with Gasteiger partial charge in [-0.15, -0.1) is 0 Å². The van der Waals surface area contributed by atoms with E-state index in [2.05, 4.69) is 4.90 Å². The summed E-state index contributed by atoms with van der Waals surface area (Å²) in [6.45, 7) is 4.76. The van der Waals surface area contributed by atoms with Gasteiger partial charge in [0, 0.05) is 41.0 Å². The number of nitrogens with zero attached hydrogens (tertiary/aromatic N) is 1. The smallest absolute Gasteiger partial charge is 0.303 e. The number of ether oxygens (including phenoxy) is 10. The van der Waals surface area contributed by atoms with Crippen LogP contribution >= 0.6 is 0 Å². The SMILES string of the molecule is CO[C@H]1O[C@H](COCc2ccccc2)[C@@H](OCc2ccccc2)[C@H](O[C@@H]2O[C@H](COC(C)=O)[C@@H](OC(C)=O)[C@H](OC(C)=O)[C@H]2N(Cc2ccccc2)Cc2ccccc2)[C@H]1OCc1ccccc1. The van der Waals surface area contributed by atoms with Crippen LogP contribution in [0.1, 0.15) is 48.6 Å². The molecule has 0 spiro atoms. The van der Waals surface area contributed by atoms with Crippen molar-refractivity contribution in [3.05, 3.63) is 179 Å². The van der Waals surface area contributed by atoms with Gasteiger partial charge < -0.3 is 47.4 Å². The lowest BCUT2D eigenvalue weighted by atomic mass is 9.93. The van der Waals surface area contributed by atoms with Crippen molar-refractivity contribution in [3.8, 4) is 0 Å². The minimum Gasteiger partial charge on any atom is -0.463 e. The summed E-state index contributed by atoms with van der Waals surface area (Å²) < 4.78 is 65.1. The molecular formula is C54H61NO13. The lowest BCUT2D eigenvalue weighted by molar-refractivity contribution is -0.364. The summed E-state index contributed by atoms with van der Waals surface area (Å²) in [5.41, 5.74) is 4.63. The van der Waals surface area contributed by atoms with Crippen LogP contribution in [0.2, 0.25) is 0 Å². The third-order valence-corrected chi connectivity index (χ3v) is 11.6. The zero-order chi connectivity index (χ0) is 47.7. The second kappa shape index (κ2) is 25.5. The average Bonchev–Trinajstić information content (AvgIpc) is 3.34. The van der Waals surface area contributed by atoms with Gasteiger partial charge in [-0.3, -0.25) is 19.3 Å². The number of carbonyl (C=O) groups excluding carboxylic acids is 3. The van der Waals surface area contributed by atoms with Crippen molar-refractivity contribution in [2.75, 3.05) is 20.3 Å². The highest BCUT2D eigenvalue weighted by Gasteiger charge is 2.57. The standard InChI is InChI=1S/C54H61NO13/c1-37(56)61-36-46-49(64-38(2)57)50(65-39(3)58)47(55(30-40-20-10-5-11-21-40)31-41-22-12-6-13-23-41)53(66-46)68-51-48(62-33-43-26-16-8-17-27-43)45(35-60-32-42-24-14-7-15-25-42)67-54(59-4)52(51)63-34-44-28-18-9-19-29-44/h5-29,45-54H,30-36H2,1-4H3/t45-,46-,47-,48-,49-,50-,51+,52-,53+,54+/m1/s1. The molecule has 0 bridgehead atoms. The molecule has 68 heavy (non-hydrogen) atoms. The van der Waals surface area contributed by atoms with Crippen LogP contribution in [0.3, 0.4) is 0 Å². The van der Waals surface area contributed by atoms with Crippen molar-refractivity contribution in [3.63, 3.8) is 0 Å². The van der Waals surface area contributed by atoms with Crippen molar-refractivity contribution >= 4 is 17.9 Å². The molecule has 0 aromatic heterocycles. The second-order valence-corrected chi connectivity index (χ2v) is 16.8. The molecule has 14 heteroatoms. The number of hydrogen-bond donors (Lipinski definition) is 0. The Labute approximate surface area is 398 Å². The molecule has 360 valence electrons. The van der Waals surface area contributed by atoms with E-state index >= 15 is 0 Å². The van der Waals surface area contributed by atoms with E-state index in [-0.39, 0.29) is 26.4 Å². The Balaban J connectivity index is 1.36. The molecule has 0 unspecified atom stereocenters. The predicted molar refractivity (Wildman–Crippen MR) is 249 cm³/mol. The molecule has 5 aromatic carbocycles. The summed E-state index contributed by atoms with van der Waals surface area (Å²) in [6.07, 6.45) is -9.63. The molecule has 0 aliphatic carbocycles. The van der Waals surface area contributed by atoms with E-state index in [1.165, 1.54) is 27.9 Å². The van der Waals surface area contributed by atoms with Crippen molar-refractivity contribution in [1.82, 2.24) is 4.90 Å².